The summed E-state index contributed by atoms with van der Waals surface area (Å²) >= 11 is 1.61. The van der Waals surface area contributed by atoms with E-state index in [1.54, 1.807) is 11.3 Å². The highest BCUT2D eigenvalue weighted by atomic mass is 32.1. The molecule has 2 unspecified atom stereocenters. The molecule has 1 aromatic rings. The third kappa shape index (κ3) is 3.30. The Bertz CT molecular complexity index is 362. The number of nitrogens with two attached hydrogens (primary N) is 1. The SMILES string of the molecule is CC(C(=O)NC(C)(CN)C(C)C)c1cccs1. The Kier molecular flexibility index (Phi) is 4.71. The third-order valence-corrected chi connectivity index (χ3v) is 4.53. The molecule has 0 aliphatic heterocycles. The van der Waals surface area contributed by atoms with Crippen molar-refractivity contribution < 1.29 is 4.79 Å². The number of thiophene rings is 1. The molecule has 96 valence electrons. The number of rotatable bonds is 5. The van der Waals surface area contributed by atoms with Crippen LogP contribution in [0.5, 0.6) is 0 Å². The summed E-state index contributed by atoms with van der Waals surface area (Å²) in [5.41, 5.74) is 5.43. The first-order chi connectivity index (χ1) is 7.90. The van der Waals surface area contributed by atoms with E-state index in [0.717, 1.165) is 4.88 Å². The van der Waals surface area contributed by atoms with Gasteiger partial charge in [0.1, 0.15) is 0 Å². The standard InChI is InChI=1S/C13H22N2OS/c1-9(2)13(4,8-14)15-12(16)10(3)11-6-5-7-17-11/h5-7,9-10H,8,14H2,1-4H3,(H,15,16). The Balaban J connectivity index is 2.72. The molecule has 0 aliphatic rings. The van der Waals surface area contributed by atoms with Gasteiger partial charge in [-0.3, -0.25) is 4.79 Å². The first-order valence-corrected chi connectivity index (χ1v) is 6.84. The molecule has 1 heterocycles. The maximum absolute atomic E-state index is 12.2. The molecule has 0 bridgehead atoms. The smallest absolute Gasteiger partial charge is 0.228 e. The predicted octanol–water partition coefficient (Wildman–Crippen LogP) is 2.34. The van der Waals surface area contributed by atoms with Crippen molar-refractivity contribution in [1.29, 1.82) is 0 Å². The summed E-state index contributed by atoms with van der Waals surface area (Å²) in [5, 5.41) is 5.06. The first-order valence-electron chi connectivity index (χ1n) is 5.96. The molecule has 3 N–H and O–H groups in total. The topological polar surface area (TPSA) is 55.1 Å². The van der Waals surface area contributed by atoms with Crippen LogP contribution in [0.1, 0.15) is 38.5 Å². The molecule has 0 spiro atoms. The molecule has 0 radical (unpaired) electrons. The summed E-state index contributed by atoms with van der Waals surface area (Å²) in [4.78, 5) is 13.2. The Hall–Kier alpha value is -0.870. The van der Waals surface area contributed by atoms with Crippen LogP contribution in [-0.2, 0) is 4.79 Å². The van der Waals surface area contributed by atoms with E-state index in [9.17, 15) is 4.79 Å². The van der Waals surface area contributed by atoms with Crippen LogP contribution in [0.3, 0.4) is 0 Å². The fourth-order valence-corrected chi connectivity index (χ4v) is 2.27. The quantitative estimate of drug-likeness (QED) is 0.847. The van der Waals surface area contributed by atoms with Crippen LogP contribution in [0.15, 0.2) is 17.5 Å². The number of hydrogen-bond donors (Lipinski definition) is 2. The highest BCUT2D eigenvalue weighted by molar-refractivity contribution is 7.10. The lowest BCUT2D eigenvalue weighted by atomic mass is 9.88. The van der Waals surface area contributed by atoms with Crippen molar-refractivity contribution in [2.45, 2.75) is 39.2 Å². The molecular formula is C13H22N2OS. The van der Waals surface area contributed by atoms with Crippen LogP contribution in [0.25, 0.3) is 0 Å². The molecule has 1 aromatic heterocycles. The highest BCUT2D eigenvalue weighted by Crippen LogP contribution is 2.23. The normalized spacial score (nSPS) is 16.6. The maximum atomic E-state index is 12.2. The highest BCUT2D eigenvalue weighted by Gasteiger charge is 2.30. The van der Waals surface area contributed by atoms with Gasteiger partial charge in [0, 0.05) is 11.4 Å². The van der Waals surface area contributed by atoms with Gasteiger partial charge in [-0.25, -0.2) is 0 Å². The van der Waals surface area contributed by atoms with Gasteiger partial charge in [0.25, 0.3) is 0 Å². The molecule has 3 nitrogen and oxygen atoms in total. The molecule has 0 aromatic carbocycles. The molecular weight excluding hydrogens is 232 g/mol. The lowest BCUT2D eigenvalue weighted by Gasteiger charge is -2.34. The van der Waals surface area contributed by atoms with E-state index in [1.165, 1.54) is 0 Å². The van der Waals surface area contributed by atoms with Crippen molar-refractivity contribution in [2.75, 3.05) is 6.54 Å². The molecule has 1 amide bonds. The largest absolute Gasteiger partial charge is 0.349 e. The minimum Gasteiger partial charge on any atom is -0.349 e. The van der Waals surface area contributed by atoms with Gasteiger partial charge >= 0.3 is 0 Å². The van der Waals surface area contributed by atoms with Crippen molar-refractivity contribution in [1.82, 2.24) is 5.32 Å². The average molecular weight is 254 g/mol. The molecule has 4 heteroatoms. The van der Waals surface area contributed by atoms with Gasteiger partial charge in [0.05, 0.1) is 11.5 Å². The lowest BCUT2D eigenvalue weighted by molar-refractivity contribution is -0.124. The minimum absolute atomic E-state index is 0.0501. The Morgan fingerprint density at radius 3 is 2.59 bits per heavy atom. The van der Waals surface area contributed by atoms with E-state index in [1.807, 2.05) is 31.4 Å². The molecule has 17 heavy (non-hydrogen) atoms. The number of hydrogen-bond acceptors (Lipinski definition) is 3. The van der Waals surface area contributed by atoms with Crippen LogP contribution < -0.4 is 11.1 Å². The average Bonchev–Trinajstić information content (AvgIpc) is 2.80. The van der Waals surface area contributed by atoms with E-state index in [-0.39, 0.29) is 17.4 Å². The van der Waals surface area contributed by atoms with Crippen molar-refractivity contribution in [3.63, 3.8) is 0 Å². The van der Waals surface area contributed by atoms with E-state index in [0.29, 0.717) is 12.5 Å². The van der Waals surface area contributed by atoms with Crippen molar-refractivity contribution in [3.8, 4) is 0 Å². The maximum Gasteiger partial charge on any atom is 0.228 e. The summed E-state index contributed by atoms with van der Waals surface area (Å²) < 4.78 is 0. The fourth-order valence-electron chi connectivity index (χ4n) is 1.49. The van der Waals surface area contributed by atoms with Gasteiger partial charge < -0.3 is 11.1 Å². The van der Waals surface area contributed by atoms with Crippen molar-refractivity contribution >= 4 is 17.2 Å². The van der Waals surface area contributed by atoms with E-state index in [4.69, 9.17) is 5.73 Å². The summed E-state index contributed by atoms with van der Waals surface area (Å²) in [6.07, 6.45) is 0. The summed E-state index contributed by atoms with van der Waals surface area (Å²) in [5.74, 6) is 0.251. The number of carbonyl (C=O) groups excluding carboxylic acids is 1. The van der Waals surface area contributed by atoms with Crippen LogP contribution in [0.4, 0.5) is 0 Å². The fraction of sp³-hybridized carbons (Fsp3) is 0.615. The number of nitrogens with one attached hydrogen (secondary N) is 1. The van der Waals surface area contributed by atoms with Crippen molar-refractivity contribution in [2.24, 2.45) is 11.7 Å². The van der Waals surface area contributed by atoms with Gasteiger partial charge in [0.15, 0.2) is 0 Å². The second kappa shape index (κ2) is 5.65. The number of carbonyl (C=O) groups is 1. The van der Waals surface area contributed by atoms with Gasteiger partial charge in [-0.2, -0.15) is 0 Å². The van der Waals surface area contributed by atoms with Crippen LogP contribution in [-0.4, -0.2) is 18.0 Å². The third-order valence-electron chi connectivity index (χ3n) is 3.47. The zero-order valence-corrected chi connectivity index (χ0v) is 11.8. The Morgan fingerprint density at radius 1 is 1.53 bits per heavy atom. The summed E-state index contributed by atoms with van der Waals surface area (Å²) in [7, 11) is 0. The monoisotopic (exact) mass is 254 g/mol. The van der Waals surface area contributed by atoms with Crippen LogP contribution in [0, 0.1) is 5.92 Å². The summed E-state index contributed by atoms with van der Waals surface area (Å²) in [6, 6.07) is 3.96. The predicted molar refractivity (Wildman–Crippen MR) is 73.2 cm³/mol. The molecule has 2 atom stereocenters. The van der Waals surface area contributed by atoms with Gasteiger partial charge in [-0.15, -0.1) is 11.3 Å². The minimum atomic E-state index is -0.331. The zero-order chi connectivity index (χ0) is 13.1. The van der Waals surface area contributed by atoms with Crippen LogP contribution >= 0.6 is 11.3 Å². The number of amides is 1. The second-order valence-electron chi connectivity index (χ2n) is 5.00. The Morgan fingerprint density at radius 2 is 2.18 bits per heavy atom. The van der Waals surface area contributed by atoms with E-state index in [2.05, 4.69) is 19.2 Å². The molecule has 0 saturated heterocycles. The molecule has 0 fully saturated rings. The molecule has 1 rings (SSSR count). The van der Waals surface area contributed by atoms with Crippen LogP contribution in [0.2, 0.25) is 0 Å². The lowest BCUT2D eigenvalue weighted by Crippen LogP contribution is -2.55. The van der Waals surface area contributed by atoms with Gasteiger partial charge in [0.2, 0.25) is 5.91 Å². The van der Waals surface area contributed by atoms with E-state index < -0.39 is 0 Å². The summed E-state index contributed by atoms with van der Waals surface area (Å²) in [6.45, 7) is 8.52. The van der Waals surface area contributed by atoms with Gasteiger partial charge in [-0.1, -0.05) is 19.9 Å². The molecule has 0 aliphatic carbocycles. The van der Waals surface area contributed by atoms with E-state index >= 15 is 0 Å². The van der Waals surface area contributed by atoms with Crippen molar-refractivity contribution in [3.05, 3.63) is 22.4 Å². The van der Waals surface area contributed by atoms with Gasteiger partial charge in [-0.05, 0) is 31.2 Å². The zero-order valence-electron chi connectivity index (χ0n) is 11.0. The Labute approximate surface area is 107 Å². The second-order valence-corrected chi connectivity index (χ2v) is 5.98. The molecule has 0 saturated carbocycles. The first kappa shape index (κ1) is 14.2.